The van der Waals surface area contributed by atoms with Crippen molar-refractivity contribution in [1.29, 1.82) is 0 Å². The van der Waals surface area contributed by atoms with Gasteiger partial charge in [0.05, 0.1) is 11.7 Å². The van der Waals surface area contributed by atoms with Crippen LogP contribution in [-0.4, -0.2) is 24.8 Å². The first-order chi connectivity index (χ1) is 8.71. The van der Waals surface area contributed by atoms with E-state index in [9.17, 15) is 0 Å². The summed E-state index contributed by atoms with van der Waals surface area (Å²) in [4.78, 5) is 0. The summed E-state index contributed by atoms with van der Waals surface area (Å²) in [5, 5.41) is 3.55. The molecular formula is C16H25NO. The topological polar surface area (TPSA) is 21.3 Å². The Morgan fingerprint density at radius 1 is 1.28 bits per heavy atom. The van der Waals surface area contributed by atoms with Gasteiger partial charge in [-0.2, -0.15) is 0 Å². The minimum absolute atomic E-state index is 0.0337. The van der Waals surface area contributed by atoms with Gasteiger partial charge in [-0.3, -0.25) is 0 Å². The van der Waals surface area contributed by atoms with Gasteiger partial charge in [-0.25, -0.2) is 0 Å². The van der Waals surface area contributed by atoms with Gasteiger partial charge < -0.3 is 10.1 Å². The third kappa shape index (κ3) is 2.76. The monoisotopic (exact) mass is 247 g/mol. The first kappa shape index (κ1) is 13.6. The lowest BCUT2D eigenvalue weighted by molar-refractivity contribution is -0.127. The molecule has 2 heteroatoms. The molecule has 1 saturated heterocycles. The first-order valence-corrected chi connectivity index (χ1v) is 7.14. The number of hydrogen-bond acceptors (Lipinski definition) is 2. The van der Waals surface area contributed by atoms with Crippen LogP contribution in [-0.2, 0) is 4.74 Å². The van der Waals surface area contributed by atoms with Crippen LogP contribution in [0.1, 0.15) is 45.1 Å². The Labute approximate surface area is 111 Å². The van der Waals surface area contributed by atoms with Gasteiger partial charge in [0.1, 0.15) is 0 Å². The van der Waals surface area contributed by atoms with Gasteiger partial charge in [0.15, 0.2) is 0 Å². The number of hydrogen-bond donors (Lipinski definition) is 1. The van der Waals surface area contributed by atoms with Crippen molar-refractivity contribution >= 4 is 0 Å². The molecule has 1 fully saturated rings. The summed E-state index contributed by atoms with van der Waals surface area (Å²) >= 11 is 0. The van der Waals surface area contributed by atoms with Crippen LogP contribution in [0.4, 0.5) is 0 Å². The van der Waals surface area contributed by atoms with E-state index in [1.165, 1.54) is 5.56 Å². The van der Waals surface area contributed by atoms with Crippen molar-refractivity contribution in [2.45, 2.75) is 51.2 Å². The SMILES string of the molecule is CCC1(CC)CNCC(C(C)c2ccccc2)O1. The van der Waals surface area contributed by atoms with Gasteiger partial charge in [-0.05, 0) is 18.4 Å². The molecule has 1 heterocycles. The predicted molar refractivity (Wildman–Crippen MR) is 75.9 cm³/mol. The molecular weight excluding hydrogens is 222 g/mol. The van der Waals surface area contributed by atoms with Gasteiger partial charge in [0.25, 0.3) is 0 Å². The Morgan fingerprint density at radius 3 is 2.56 bits per heavy atom. The standard InChI is InChI=1S/C16H25NO/c1-4-16(5-2)12-17-11-15(18-16)13(3)14-9-7-6-8-10-14/h6-10,13,15,17H,4-5,11-12H2,1-3H3. The van der Waals surface area contributed by atoms with E-state index in [4.69, 9.17) is 4.74 Å². The van der Waals surface area contributed by atoms with Gasteiger partial charge in [-0.1, -0.05) is 51.1 Å². The summed E-state index contributed by atoms with van der Waals surface area (Å²) in [5.41, 5.74) is 1.40. The van der Waals surface area contributed by atoms with Crippen LogP contribution in [0.15, 0.2) is 30.3 Å². The molecule has 2 atom stereocenters. The highest BCUT2D eigenvalue weighted by atomic mass is 16.5. The normalized spacial score (nSPS) is 24.7. The third-order valence-electron chi connectivity index (χ3n) is 4.37. The highest BCUT2D eigenvalue weighted by molar-refractivity contribution is 5.20. The van der Waals surface area contributed by atoms with E-state index in [1.807, 2.05) is 0 Å². The molecule has 2 nitrogen and oxygen atoms in total. The van der Waals surface area contributed by atoms with Crippen molar-refractivity contribution < 1.29 is 4.74 Å². The van der Waals surface area contributed by atoms with Crippen LogP contribution < -0.4 is 5.32 Å². The Bertz CT molecular complexity index is 359. The smallest absolute Gasteiger partial charge is 0.0805 e. The maximum Gasteiger partial charge on any atom is 0.0805 e. The van der Waals surface area contributed by atoms with E-state index in [2.05, 4.69) is 56.4 Å². The lowest BCUT2D eigenvalue weighted by Gasteiger charge is -2.43. The van der Waals surface area contributed by atoms with Crippen molar-refractivity contribution in [3.05, 3.63) is 35.9 Å². The fraction of sp³-hybridized carbons (Fsp3) is 0.625. The average Bonchev–Trinajstić information content (AvgIpc) is 2.47. The fourth-order valence-electron chi connectivity index (χ4n) is 2.76. The van der Waals surface area contributed by atoms with E-state index in [1.54, 1.807) is 0 Å². The Kier molecular flexibility index (Phi) is 4.41. The molecule has 0 amide bonds. The zero-order valence-electron chi connectivity index (χ0n) is 11.8. The van der Waals surface area contributed by atoms with Crippen LogP contribution in [0.5, 0.6) is 0 Å². The van der Waals surface area contributed by atoms with E-state index < -0.39 is 0 Å². The molecule has 0 bridgehead atoms. The van der Waals surface area contributed by atoms with Crippen molar-refractivity contribution in [1.82, 2.24) is 5.32 Å². The largest absolute Gasteiger partial charge is 0.369 e. The molecule has 1 aliphatic heterocycles. The zero-order chi connectivity index (χ0) is 13.0. The number of benzene rings is 1. The molecule has 2 rings (SSSR count). The lowest BCUT2D eigenvalue weighted by atomic mass is 9.90. The molecule has 18 heavy (non-hydrogen) atoms. The molecule has 0 aliphatic carbocycles. The molecule has 1 aromatic rings. The quantitative estimate of drug-likeness (QED) is 0.881. The van der Waals surface area contributed by atoms with Crippen molar-refractivity contribution in [3.63, 3.8) is 0 Å². The number of nitrogens with one attached hydrogen (secondary N) is 1. The maximum atomic E-state index is 6.43. The summed E-state index contributed by atoms with van der Waals surface area (Å²) in [6, 6.07) is 10.7. The summed E-state index contributed by atoms with van der Waals surface area (Å²) in [6.07, 6.45) is 2.43. The first-order valence-electron chi connectivity index (χ1n) is 7.14. The molecule has 0 spiro atoms. The number of ether oxygens (including phenoxy) is 1. The zero-order valence-corrected chi connectivity index (χ0v) is 11.8. The van der Waals surface area contributed by atoms with Crippen molar-refractivity contribution in [2.75, 3.05) is 13.1 Å². The Hall–Kier alpha value is -0.860. The van der Waals surface area contributed by atoms with E-state index in [0.717, 1.165) is 25.9 Å². The fourth-order valence-corrected chi connectivity index (χ4v) is 2.76. The minimum atomic E-state index is 0.0337. The molecule has 1 aromatic carbocycles. The van der Waals surface area contributed by atoms with Gasteiger partial charge >= 0.3 is 0 Å². The Morgan fingerprint density at radius 2 is 1.94 bits per heavy atom. The molecule has 1 aliphatic rings. The second kappa shape index (κ2) is 5.85. The number of morpholine rings is 1. The summed E-state index contributed by atoms with van der Waals surface area (Å²) in [7, 11) is 0. The molecule has 1 N–H and O–H groups in total. The Balaban J connectivity index is 2.09. The van der Waals surface area contributed by atoms with Crippen LogP contribution in [0.25, 0.3) is 0 Å². The van der Waals surface area contributed by atoms with Gasteiger partial charge in [0.2, 0.25) is 0 Å². The van der Waals surface area contributed by atoms with Crippen molar-refractivity contribution in [3.8, 4) is 0 Å². The summed E-state index contributed by atoms with van der Waals surface area (Å²) < 4.78 is 6.43. The van der Waals surface area contributed by atoms with E-state index in [-0.39, 0.29) is 11.7 Å². The van der Waals surface area contributed by atoms with Crippen LogP contribution in [0, 0.1) is 0 Å². The molecule has 0 radical (unpaired) electrons. The highest BCUT2D eigenvalue weighted by Gasteiger charge is 2.36. The van der Waals surface area contributed by atoms with Crippen LogP contribution >= 0.6 is 0 Å². The molecule has 100 valence electrons. The van der Waals surface area contributed by atoms with E-state index >= 15 is 0 Å². The predicted octanol–water partition coefficient (Wildman–Crippen LogP) is 3.34. The average molecular weight is 247 g/mol. The van der Waals surface area contributed by atoms with Crippen molar-refractivity contribution in [2.24, 2.45) is 0 Å². The number of rotatable bonds is 4. The maximum absolute atomic E-state index is 6.43. The molecule has 0 saturated carbocycles. The van der Waals surface area contributed by atoms with Crippen LogP contribution in [0.3, 0.4) is 0 Å². The second-order valence-corrected chi connectivity index (χ2v) is 5.38. The third-order valence-corrected chi connectivity index (χ3v) is 4.37. The second-order valence-electron chi connectivity index (χ2n) is 5.38. The van der Waals surface area contributed by atoms with Crippen LogP contribution in [0.2, 0.25) is 0 Å². The lowest BCUT2D eigenvalue weighted by Crippen LogP contribution is -2.54. The molecule has 2 unspecified atom stereocenters. The molecule has 0 aromatic heterocycles. The summed E-state index contributed by atoms with van der Waals surface area (Å²) in [5.74, 6) is 0.441. The minimum Gasteiger partial charge on any atom is -0.369 e. The van der Waals surface area contributed by atoms with Gasteiger partial charge in [-0.15, -0.1) is 0 Å². The summed E-state index contributed by atoms with van der Waals surface area (Å²) in [6.45, 7) is 8.65. The van der Waals surface area contributed by atoms with E-state index in [0.29, 0.717) is 5.92 Å². The highest BCUT2D eigenvalue weighted by Crippen LogP contribution is 2.31. The van der Waals surface area contributed by atoms with Gasteiger partial charge in [0, 0.05) is 19.0 Å².